The van der Waals surface area contributed by atoms with Gasteiger partial charge >= 0.3 is 0 Å². The second-order valence-corrected chi connectivity index (χ2v) is 4.34. The summed E-state index contributed by atoms with van der Waals surface area (Å²) in [6.45, 7) is 2.36. The molecule has 0 unspecified atom stereocenters. The average Bonchev–Trinajstić information content (AvgIpc) is 2.29. The van der Waals surface area contributed by atoms with Crippen molar-refractivity contribution >= 4 is 23.1 Å². The molecular weight excluding hydrogens is 236 g/mol. The standard InChI is InChI=1S/C12H14N2O2S/c1-8(7-16-2)14-11(15)9-5-3-4-6-10(9)13-12(14)17/h3-6,8H,7H2,1-2H3,(H,13,17)/t8-/m0/s1. The highest BCUT2D eigenvalue weighted by molar-refractivity contribution is 7.71. The van der Waals surface area contributed by atoms with Crippen LogP contribution in [-0.4, -0.2) is 23.3 Å². The van der Waals surface area contributed by atoms with E-state index in [2.05, 4.69) is 4.98 Å². The first-order chi connectivity index (χ1) is 8.15. The van der Waals surface area contributed by atoms with Crippen LogP contribution < -0.4 is 5.56 Å². The number of nitrogens with zero attached hydrogens (tertiary/aromatic N) is 1. The summed E-state index contributed by atoms with van der Waals surface area (Å²) in [5.41, 5.74) is 0.692. The molecule has 2 rings (SSSR count). The van der Waals surface area contributed by atoms with Gasteiger partial charge in [-0.15, -0.1) is 0 Å². The van der Waals surface area contributed by atoms with Crippen molar-refractivity contribution in [2.24, 2.45) is 0 Å². The number of benzene rings is 1. The molecule has 0 spiro atoms. The van der Waals surface area contributed by atoms with E-state index in [1.807, 2.05) is 25.1 Å². The van der Waals surface area contributed by atoms with Crippen LogP contribution in [0.3, 0.4) is 0 Å². The van der Waals surface area contributed by atoms with Gasteiger partial charge < -0.3 is 9.72 Å². The number of aromatic nitrogens is 2. The second kappa shape index (κ2) is 4.81. The first-order valence-corrected chi connectivity index (χ1v) is 5.78. The van der Waals surface area contributed by atoms with Crippen LogP contribution in [0.25, 0.3) is 10.9 Å². The molecule has 0 fully saturated rings. The van der Waals surface area contributed by atoms with E-state index in [0.29, 0.717) is 16.8 Å². The van der Waals surface area contributed by atoms with Gasteiger partial charge in [0.25, 0.3) is 5.56 Å². The van der Waals surface area contributed by atoms with Crippen LogP contribution in [0.1, 0.15) is 13.0 Å². The average molecular weight is 250 g/mol. The van der Waals surface area contributed by atoms with Gasteiger partial charge in [-0.1, -0.05) is 12.1 Å². The Hall–Kier alpha value is -1.46. The van der Waals surface area contributed by atoms with Crippen molar-refractivity contribution in [2.45, 2.75) is 13.0 Å². The maximum atomic E-state index is 12.3. The van der Waals surface area contributed by atoms with Gasteiger partial charge in [0.15, 0.2) is 4.77 Å². The molecule has 0 aliphatic heterocycles. The predicted octanol–water partition coefficient (Wildman–Crippen LogP) is 2.27. The summed E-state index contributed by atoms with van der Waals surface area (Å²) in [7, 11) is 1.61. The maximum Gasteiger partial charge on any atom is 0.262 e. The molecule has 0 amide bonds. The number of H-pyrrole nitrogens is 1. The summed E-state index contributed by atoms with van der Waals surface area (Å²) in [4.78, 5) is 15.3. The van der Waals surface area contributed by atoms with Crippen LogP contribution in [0.4, 0.5) is 0 Å². The highest BCUT2D eigenvalue weighted by Crippen LogP contribution is 2.09. The van der Waals surface area contributed by atoms with Gasteiger partial charge in [-0.3, -0.25) is 9.36 Å². The zero-order chi connectivity index (χ0) is 12.4. The van der Waals surface area contributed by atoms with Crippen LogP contribution >= 0.6 is 12.2 Å². The summed E-state index contributed by atoms with van der Waals surface area (Å²) >= 11 is 5.21. The Bertz CT molecular complexity index is 645. The third-order valence-electron chi connectivity index (χ3n) is 2.69. The Kier molecular flexibility index (Phi) is 3.40. The number of aromatic amines is 1. The Morgan fingerprint density at radius 2 is 2.18 bits per heavy atom. The van der Waals surface area contributed by atoms with Crippen molar-refractivity contribution in [1.82, 2.24) is 9.55 Å². The minimum Gasteiger partial charge on any atom is -0.383 e. The summed E-state index contributed by atoms with van der Waals surface area (Å²) < 4.78 is 7.05. The number of nitrogens with one attached hydrogen (secondary N) is 1. The molecule has 2 aromatic rings. The van der Waals surface area contributed by atoms with Gasteiger partial charge in [0, 0.05) is 7.11 Å². The maximum absolute atomic E-state index is 12.3. The van der Waals surface area contributed by atoms with Crippen molar-refractivity contribution in [3.63, 3.8) is 0 Å². The van der Waals surface area contributed by atoms with E-state index in [1.54, 1.807) is 17.7 Å². The Labute approximate surface area is 104 Å². The van der Waals surface area contributed by atoms with E-state index in [-0.39, 0.29) is 11.6 Å². The van der Waals surface area contributed by atoms with Gasteiger partial charge in [-0.05, 0) is 31.3 Å². The number of fused-ring (bicyclic) bond motifs is 1. The highest BCUT2D eigenvalue weighted by atomic mass is 32.1. The van der Waals surface area contributed by atoms with Crippen molar-refractivity contribution in [3.05, 3.63) is 39.4 Å². The molecule has 4 nitrogen and oxygen atoms in total. The van der Waals surface area contributed by atoms with Crippen LogP contribution in [0.5, 0.6) is 0 Å². The molecule has 0 aliphatic carbocycles. The monoisotopic (exact) mass is 250 g/mol. The van der Waals surface area contributed by atoms with Gasteiger partial charge in [0.1, 0.15) is 0 Å². The molecule has 5 heteroatoms. The Balaban J connectivity index is 2.72. The number of hydrogen-bond acceptors (Lipinski definition) is 3. The van der Waals surface area contributed by atoms with E-state index < -0.39 is 0 Å². The molecule has 17 heavy (non-hydrogen) atoms. The Morgan fingerprint density at radius 1 is 1.47 bits per heavy atom. The Morgan fingerprint density at radius 3 is 2.88 bits per heavy atom. The fourth-order valence-electron chi connectivity index (χ4n) is 1.89. The predicted molar refractivity (Wildman–Crippen MR) is 70.0 cm³/mol. The highest BCUT2D eigenvalue weighted by Gasteiger charge is 2.10. The first-order valence-electron chi connectivity index (χ1n) is 5.37. The summed E-state index contributed by atoms with van der Waals surface area (Å²) in [6, 6.07) is 7.26. The fraction of sp³-hybridized carbons (Fsp3) is 0.333. The quantitative estimate of drug-likeness (QED) is 0.850. The molecule has 1 atom stereocenters. The molecular formula is C12H14N2O2S. The normalized spacial score (nSPS) is 12.8. The smallest absolute Gasteiger partial charge is 0.262 e. The lowest BCUT2D eigenvalue weighted by atomic mass is 10.2. The second-order valence-electron chi connectivity index (χ2n) is 3.96. The number of methoxy groups -OCH3 is 1. The number of ether oxygens (including phenoxy) is 1. The lowest BCUT2D eigenvalue weighted by Crippen LogP contribution is -2.27. The molecule has 90 valence electrons. The molecule has 0 bridgehead atoms. The zero-order valence-corrected chi connectivity index (χ0v) is 10.6. The summed E-state index contributed by atoms with van der Waals surface area (Å²) in [5.74, 6) is 0. The summed E-state index contributed by atoms with van der Waals surface area (Å²) in [6.07, 6.45) is 0. The SMILES string of the molecule is COC[C@H](C)n1c(=S)[nH]c2ccccc2c1=O. The first kappa shape index (κ1) is 12.0. The van der Waals surface area contributed by atoms with E-state index in [1.165, 1.54) is 0 Å². The largest absolute Gasteiger partial charge is 0.383 e. The number of para-hydroxylation sites is 1. The number of hydrogen-bond donors (Lipinski definition) is 1. The van der Waals surface area contributed by atoms with Gasteiger partial charge in [0.2, 0.25) is 0 Å². The van der Waals surface area contributed by atoms with E-state index >= 15 is 0 Å². The molecule has 0 aliphatic rings. The molecule has 1 aromatic heterocycles. The molecule has 0 radical (unpaired) electrons. The molecule has 0 saturated carbocycles. The third-order valence-corrected chi connectivity index (χ3v) is 2.98. The van der Waals surface area contributed by atoms with Gasteiger partial charge in [0.05, 0.1) is 23.6 Å². The van der Waals surface area contributed by atoms with Gasteiger partial charge in [-0.2, -0.15) is 0 Å². The molecule has 0 saturated heterocycles. The van der Waals surface area contributed by atoms with Crippen LogP contribution in [0.2, 0.25) is 0 Å². The van der Waals surface area contributed by atoms with Crippen LogP contribution in [-0.2, 0) is 4.74 Å². The third kappa shape index (κ3) is 2.16. The summed E-state index contributed by atoms with van der Waals surface area (Å²) in [5, 5.41) is 0.643. The molecule has 1 N–H and O–H groups in total. The molecule has 1 aromatic carbocycles. The van der Waals surface area contributed by atoms with Crippen molar-refractivity contribution in [1.29, 1.82) is 0 Å². The lowest BCUT2D eigenvalue weighted by molar-refractivity contribution is 0.160. The van der Waals surface area contributed by atoms with Crippen molar-refractivity contribution < 1.29 is 4.74 Å². The topological polar surface area (TPSA) is 47.0 Å². The van der Waals surface area contributed by atoms with E-state index in [0.717, 1.165) is 5.52 Å². The molecule has 1 heterocycles. The van der Waals surface area contributed by atoms with Crippen LogP contribution in [0.15, 0.2) is 29.1 Å². The van der Waals surface area contributed by atoms with E-state index in [4.69, 9.17) is 17.0 Å². The zero-order valence-electron chi connectivity index (χ0n) is 9.77. The van der Waals surface area contributed by atoms with Crippen molar-refractivity contribution in [2.75, 3.05) is 13.7 Å². The van der Waals surface area contributed by atoms with E-state index in [9.17, 15) is 4.79 Å². The number of rotatable bonds is 3. The minimum absolute atomic E-state index is 0.0751. The fourth-order valence-corrected chi connectivity index (χ4v) is 2.26. The van der Waals surface area contributed by atoms with Gasteiger partial charge in [-0.25, -0.2) is 0 Å². The minimum atomic E-state index is -0.0825. The van der Waals surface area contributed by atoms with Crippen molar-refractivity contribution in [3.8, 4) is 0 Å². The lowest BCUT2D eigenvalue weighted by Gasteiger charge is -2.14. The van der Waals surface area contributed by atoms with Crippen LogP contribution in [0, 0.1) is 4.77 Å².